The molecular formula is C21H20ClFN4O3. The van der Waals surface area contributed by atoms with Gasteiger partial charge in [0.05, 0.1) is 17.1 Å². The molecule has 1 aromatic heterocycles. The number of nitrogens with zero attached hydrogens (tertiary/aromatic N) is 2. The minimum absolute atomic E-state index is 0.0354. The highest BCUT2D eigenvalue weighted by Crippen LogP contribution is 2.17. The van der Waals surface area contributed by atoms with Crippen molar-refractivity contribution in [2.24, 2.45) is 5.92 Å². The second kappa shape index (κ2) is 9.49. The fraction of sp³-hybridized carbons (Fsp3) is 0.238. The van der Waals surface area contributed by atoms with Crippen LogP contribution >= 0.6 is 11.6 Å². The van der Waals surface area contributed by atoms with Gasteiger partial charge in [-0.25, -0.2) is 4.39 Å². The minimum atomic E-state index is -0.792. The second-order valence-electron chi connectivity index (χ2n) is 6.91. The fourth-order valence-corrected chi connectivity index (χ4v) is 2.97. The van der Waals surface area contributed by atoms with Crippen LogP contribution in [0.2, 0.25) is 5.02 Å². The highest BCUT2D eigenvalue weighted by Gasteiger charge is 2.25. The van der Waals surface area contributed by atoms with Crippen LogP contribution in [-0.4, -0.2) is 28.0 Å². The van der Waals surface area contributed by atoms with Crippen LogP contribution in [0.4, 0.5) is 4.39 Å². The molecule has 0 aliphatic carbocycles. The number of hydrogen-bond acceptors (Lipinski definition) is 5. The maximum absolute atomic E-state index is 13.3. The van der Waals surface area contributed by atoms with E-state index in [2.05, 4.69) is 20.8 Å². The Morgan fingerprint density at radius 2 is 1.93 bits per heavy atom. The van der Waals surface area contributed by atoms with Gasteiger partial charge >= 0.3 is 0 Å². The number of halogens is 2. The number of nitrogens with one attached hydrogen (secondary N) is 2. The Balaban J connectivity index is 1.63. The lowest BCUT2D eigenvalue weighted by Crippen LogP contribution is -2.49. The highest BCUT2D eigenvalue weighted by atomic mass is 35.5. The summed E-state index contributed by atoms with van der Waals surface area (Å²) in [5.74, 6) is -1.08. The van der Waals surface area contributed by atoms with Crippen molar-refractivity contribution in [2.45, 2.75) is 26.4 Å². The quantitative estimate of drug-likeness (QED) is 0.597. The Bertz CT molecular complexity index is 1050. The van der Waals surface area contributed by atoms with Crippen molar-refractivity contribution in [1.29, 1.82) is 0 Å². The number of benzene rings is 2. The largest absolute Gasteiger partial charge is 0.345 e. The molecule has 0 unspecified atom stereocenters. The third-order valence-corrected chi connectivity index (χ3v) is 4.65. The van der Waals surface area contributed by atoms with Crippen LogP contribution in [0, 0.1) is 11.7 Å². The SMILES string of the molecule is CC(C)[C@@H](NC(=O)c1ccccc1Cl)C(=O)NCc1nc(-c2cccc(F)c2)no1. The molecule has 30 heavy (non-hydrogen) atoms. The summed E-state index contributed by atoms with van der Waals surface area (Å²) in [5.41, 5.74) is 0.748. The monoisotopic (exact) mass is 430 g/mol. The van der Waals surface area contributed by atoms with Gasteiger partial charge in [0, 0.05) is 5.56 Å². The van der Waals surface area contributed by atoms with E-state index in [4.69, 9.17) is 16.1 Å². The van der Waals surface area contributed by atoms with Gasteiger partial charge in [-0.1, -0.05) is 54.9 Å². The summed E-state index contributed by atoms with van der Waals surface area (Å²) in [6.45, 7) is 3.59. The summed E-state index contributed by atoms with van der Waals surface area (Å²) >= 11 is 6.05. The summed E-state index contributed by atoms with van der Waals surface area (Å²) in [7, 11) is 0. The van der Waals surface area contributed by atoms with Crippen molar-refractivity contribution in [2.75, 3.05) is 0 Å². The van der Waals surface area contributed by atoms with Crippen molar-refractivity contribution in [3.8, 4) is 11.4 Å². The Labute approximate surface area is 177 Å². The lowest BCUT2D eigenvalue weighted by atomic mass is 10.0. The van der Waals surface area contributed by atoms with Crippen molar-refractivity contribution in [3.05, 3.63) is 70.8 Å². The van der Waals surface area contributed by atoms with Crippen molar-refractivity contribution >= 4 is 23.4 Å². The summed E-state index contributed by atoms with van der Waals surface area (Å²) in [6, 6.07) is 11.6. The molecule has 3 rings (SSSR count). The van der Waals surface area contributed by atoms with Crippen molar-refractivity contribution in [1.82, 2.24) is 20.8 Å². The topological polar surface area (TPSA) is 97.1 Å². The zero-order valence-corrected chi connectivity index (χ0v) is 17.1. The van der Waals surface area contributed by atoms with Gasteiger partial charge < -0.3 is 15.2 Å². The number of carbonyl (C=O) groups excluding carboxylic acids is 2. The zero-order chi connectivity index (χ0) is 21.7. The molecule has 0 radical (unpaired) electrons. The van der Waals surface area contributed by atoms with Crippen molar-refractivity contribution in [3.63, 3.8) is 0 Å². The number of carbonyl (C=O) groups is 2. The maximum atomic E-state index is 13.3. The predicted octanol–water partition coefficient (Wildman–Crippen LogP) is 3.60. The third-order valence-electron chi connectivity index (χ3n) is 4.32. The Hall–Kier alpha value is -3.26. The Morgan fingerprint density at radius 1 is 1.17 bits per heavy atom. The molecule has 2 N–H and O–H groups in total. The predicted molar refractivity (Wildman–Crippen MR) is 109 cm³/mol. The molecule has 3 aromatic rings. The van der Waals surface area contributed by atoms with E-state index >= 15 is 0 Å². The Morgan fingerprint density at radius 3 is 2.63 bits per heavy atom. The van der Waals surface area contributed by atoms with E-state index in [1.54, 1.807) is 30.3 Å². The fourth-order valence-electron chi connectivity index (χ4n) is 2.74. The van der Waals surface area contributed by atoms with Crippen LogP contribution in [0.15, 0.2) is 53.1 Å². The van der Waals surface area contributed by atoms with Crippen LogP contribution < -0.4 is 10.6 Å². The van der Waals surface area contributed by atoms with Gasteiger partial charge in [0.15, 0.2) is 0 Å². The average molecular weight is 431 g/mol. The molecule has 9 heteroatoms. The molecule has 1 heterocycles. The van der Waals surface area contributed by atoms with Crippen LogP contribution in [0.5, 0.6) is 0 Å². The van der Waals surface area contributed by atoms with Crippen molar-refractivity contribution < 1.29 is 18.5 Å². The van der Waals surface area contributed by atoms with E-state index in [0.717, 1.165) is 0 Å². The first-order chi connectivity index (χ1) is 14.3. The van der Waals surface area contributed by atoms with E-state index in [9.17, 15) is 14.0 Å². The number of aromatic nitrogens is 2. The standard InChI is InChI=1S/C21H20ClFN4O3/c1-12(2)18(26-20(28)15-8-3-4-9-16(15)22)21(29)24-11-17-25-19(27-30-17)13-6-5-7-14(23)10-13/h3-10,12,18H,11H2,1-2H3,(H,24,29)(H,26,28)/t18-/m1/s1. The first-order valence-electron chi connectivity index (χ1n) is 9.26. The lowest BCUT2D eigenvalue weighted by Gasteiger charge is -2.21. The Kier molecular flexibility index (Phi) is 6.79. The van der Waals surface area contributed by atoms with Gasteiger partial charge in [-0.3, -0.25) is 9.59 Å². The molecule has 0 saturated heterocycles. The average Bonchev–Trinajstić information content (AvgIpc) is 3.19. The zero-order valence-electron chi connectivity index (χ0n) is 16.4. The van der Waals surface area contributed by atoms with Crippen LogP contribution in [0.3, 0.4) is 0 Å². The molecule has 1 atom stereocenters. The maximum Gasteiger partial charge on any atom is 0.253 e. The normalized spacial score (nSPS) is 11.9. The first-order valence-corrected chi connectivity index (χ1v) is 9.64. The second-order valence-corrected chi connectivity index (χ2v) is 7.32. The summed E-state index contributed by atoms with van der Waals surface area (Å²) < 4.78 is 18.5. The number of rotatable bonds is 7. The molecule has 0 aliphatic rings. The lowest BCUT2D eigenvalue weighted by molar-refractivity contribution is -0.124. The van der Waals surface area contributed by atoms with Gasteiger partial charge in [-0.15, -0.1) is 0 Å². The van der Waals surface area contributed by atoms with Gasteiger partial charge in [0.2, 0.25) is 17.6 Å². The highest BCUT2D eigenvalue weighted by molar-refractivity contribution is 6.33. The van der Waals surface area contributed by atoms with Crippen LogP contribution in [-0.2, 0) is 11.3 Å². The van der Waals surface area contributed by atoms with E-state index in [0.29, 0.717) is 10.6 Å². The minimum Gasteiger partial charge on any atom is -0.345 e. The van der Waals surface area contributed by atoms with Crippen LogP contribution in [0.25, 0.3) is 11.4 Å². The molecule has 0 saturated carbocycles. The molecule has 2 aromatic carbocycles. The van der Waals surface area contributed by atoms with Gasteiger partial charge in [-0.05, 0) is 30.2 Å². The smallest absolute Gasteiger partial charge is 0.253 e. The van der Waals surface area contributed by atoms with E-state index < -0.39 is 23.7 Å². The van der Waals surface area contributed by atoms with Gasteiger partial charge in [-0.2, -0.15) is 4.98 Å². The van der Waals surface area contributed by atoms with E-state index in [-0.39, 0.29) is 29.7 Å². The molecule has 0 fully saturated rings. The molecule has 7 nitrogen and oxygen atoms in total. The first kappa shape index (κ1) is 21.4. The number of amides is 2. The molecular weight excluding hydrogens is 411 g/mol. The molecule has 0 spiro atoms. The van der Waals surface area contributed by atoms with E-state index in [1.165, 1.54) is 18.2 Å². The molecule has 0 bridgehead atoms. The summed E-state index contributed by atoms with van der Waals surface area (Å²) in [4.78, 5) is 29.3. The number of hydrogen-bond donors (Lipinski definition) is 2. The van der Waals surface area contributed by atoms with Gasteiger partial charge in [0.25, 0.3) is 5.91 Å². The third kappa shape index (κ3) is 5.21. The van der Waals surface area contributed by atoms with E-state index in [1.807, 2.05) is 13.8 Å². The summed E-state index contributed by atoms with van der Waals surface area (Å²) in [6.07, 6.45) is 0. The molecule has 0 aliphatic heterocycles. The molecule has 2 amide bonds. The molecule has 156 valence electrons. The van der Waals surface area contributed by atoms with Crippen LogP contribution in [0.1, 0.15) is 30.1 Å². The van der Waals surface area contributed by atoms with Gasteiger partial charge in [0.1, 0.15) is 11.9 Å². The summed E-state index contributed by atoms with van der Waals surface area (Å²) in [5, 5.41) is 9.47.